The minimum Gasteiger partial charge on any atom is -0.317 e. The highest BCUT2D eigenvalue weighted by molar-refractivity contribution is 5.28. The number of piperidine rings is 1. The first-order chi connectivity index (χ1) is 7.74. The maximum absolute atomic E-state index is 12.7. The Kier molecular flexibility index (Phi) is 3.27. The highest BCUT2D eigenvalue weighted by Gasteiger charge is 2.34. The number of nitriles is 1. The third-order valence-electron chi connectivity index (χ3n) is 3.41. The van der Waals surface area contributed by atoms with Gasteiger partial charge in [-0.3, -0.25) is 0 Å². The fraction of sp³-hybridized carbons (Fsp3) is 0.615. The topological polar surface area (TPSA) is 35.8 Å². The Morgan fingerprint density at radius 1 is 1.56 bits per heavy atom. The maximum Gasteiger partial charge on any atom is 0.169 e. The number of nitrogens with one attached hydrogen (secondary N) is 1. The smallest absolute Gasteiger partial charge is 0.169 e. The molecule has 0 spiro atoms. The van der Waals surface area contributed by atoms with Gasteiger partial charge in [0.1, 0.15) is 0 Å². The van der Waals surface area contributed by atoms with Gasteiger partial charge in [0.05, 0.1) is 11.5 Å². The van der Waals surface area contributed by atoms with Crippen LogP contribution in [0.25, 0.3) is 0 Å². The van der Waals surface area contributed by atoms with Crippen molar-refractivity contribution in [1.29, 1.82) is 5.26 Å². The molecule has 0 bridgehead atoms. The summed E-state index contributed by atoms with van der Waals surface area (Å²) in [6.07, 6.45) is 4.73. The van der Waals surface area contributed by atoms with Crippen LogP contribution in [-0.4, -0.2) is 13.1 Å². The third-order valence-corrected chi connectivity index (χ3v) is 3.41. The van der Waals surface area contributed by atoms with Crippen LogP contribution in [0.5, 0.6) is 0 Å². The summed E-state index contributed by atoms with van der Waals surface area (Å²) < 4.78 is 12.7. The Hall–Kier alpha value is -1.32. The van der Waals surface area contributed by atoms with Gasteiger partial charge >= 0.3 is 0 Å². The van der Waals surface area contributed by atoms with Gasteiger partial charge in [-0.05, 0) is 50.8 Å². The second-order valence-electron chi connectivity index (χ2n) is 4.60. The first kappa shape index (κ1) is 11.2. The van der Waals surface area contributed by atoms with E-state index in [0.29, 0.717) is 6.42 Å². The molecule has 1 unspecified atom stereocenters. The maximum atomic E-state index is 12.7. The molecule has 2 rings (SSSR count). The first-order valence-corrected chi connectivity index (χ1v) is 5.73. The lowest BCUT2D eigenvalue weighted by Gasteiger charge is -2.33. The summed E-state index contributed by atoms with van der Waals surface area (Å²) in [5.41, 5.74) is -0.244. The van der Waals surface area contributed by atoms with E-state index in [9.17, 15) is 9.65 Å². The molecule has 2 aliphatic rings. The number of nitrogens with zero attached hydrogens (tertiary/aromatic N) is 1. The highest BCUT2D eigenvalue weighted by Crippen LogP contribution is 2.36. The average Bonchev–Trinajstić information content (AvgIpc) is 2.33. The van der Waals surface area contributed by atoms with Crippen LogP contribution in [0.2, 0.25) is 0 Å². The number of hydrogen-bond donors (Lipinski definition) is 1. The first-order valence-electron chi connectivity index (χ1n) is 5.73. The van der Waals surface area contributed by atoms with Crippen LogP contribution in [0.4, 0.5) is 4.39 Å². The van der Waals surface area contributed by atoms with Crippen LogP contribution in [0.15, 0.2) is 11.9 Å². The second-order valence-corrected chi connectivity index (χ2v) is 4.60. The van der Waals surface area contributed by atoms with Crippen molar-refractivity contribution in [3.05, 3.63) is 11.9 Å². The summed E-state index contributed by atoms with van der Waals surface area (Å²) in [5.74, 6) is 5.22. The number of rotatable bonds is 2. The van der Waals surface area contributed by atoms with Crippen LogP contribution in [-0.2, 0) is 0 Å². The summed E-state index contributed by atoms with van der Waals surface area (Å²) >= 11 is 0. The molecule has 0 radical (unpaired) electrons. The molecule has 1 atom stereocenters. The van der Waals surface area contributed by atoms with E-state index in [1.165, 1.54) is 6.08 Å². The van der Waals surface area contributed by atoms with Gasteiger partial charge in [0.25, 0.3) is 0 Å². The van der Waals surface area contributed by atoms with Crippen molar-refractivity contribution in [3.8, 4) is 17.9 Å². The average molecular weight is 218 g/mol. The summed E-state index contributed by atoms with van der Waals surface area (Å²) in [7, 11) is 0. The highest BCUT2D eigenvalue weighted by atomic mass is 19.1. The van der Waals surface area contributed by atoms with Gasteiger partial charge in [-0.15, -0.1) is 0 Å². The van der Waals surface area contributed by atoms with Crippen LogP contribution < -0.4 is 5.32 Å². The summed E-state index contributed by atoms with van der Waals surface area (Å²) in [4.78, 5) is 0. The van der Waals surface area contributed by atoms with Crippen LogP contribution in [0.3, 0.4) is 0 Å². The lowest BCUT2D eigenvalue weighted by molar-refractivity contribution is 0.239. The number of halogens is 1. The van der Waals surface area contributed by atoms with Gasteiger partial charge in [-0.2, -0.15) is 9.65 Å². The molecular weight excluding hydrogens is 203 g/mol. The van der Waals surface area contributed by atoms with Crippen molar-refractivity contribution in [1.82, 2.24) is 5.32 Å². The molecule has 16 heavy (non-hydrogen) atoms. The minimum atomic E-state index is -0.326. The van der Waals surface area contributed by atoms with Gasteiger partial charge in [0.15, 0.2) is 5.83 Å². The third kappa shape index (κ3) is 2.43. The lowest BCUT2D eigenvalue weighted by Crippen LogP contribution is -2.37. The van der Waals surface area contributed by atoms with Crippen molar-refractivity contribution < 1.29 is 4.39 Å². The van der Waals surface area contributed by atoms with E-state index in [1.54, 1.807) is 0 Å². The van der Waals surface area contributed by atoms with Crippen molar-refractivity contribution >= 4 is 0 Å². The molecule has 1 aliphatic carbocycles. The fourth-order valence-corrected chi connectivity index (χ4v) is 2.40. The van der Waals surface area contributed by atoms with Crippen LogP contribution in [0, 0.1) is 34.5 Å². The Balaban J connectivity index is 2.00. The molecule has 0 aromatic carbocycles. The second kappa shape index (κ2) is 4.68. The molecular formula is C13H15FN2. The van der Waals surface area contributed by atoms with Crippen LogP contribution in [0.1, 0.15) is 25.7 Å². The molecule has 1 N–H and O–H groups in total. The van der Waals surface area contributed by atoms with E-state index in [-0.39, 0.29) is 17.2 Å². The Labute approximate surface area is 95.5 Å². The zero-order valence-corrected chi connectivity index (χ0v) is 9.22. The summed E-state index contributed by atoms with van der Waals surface area (Å²) in [6, 6.07) is 2.45. The molecule has 1 aliphatic heterocycles. The van der Waals surface area contributed by atoms with Gasteiger partial charge in [-0.1, -0.05) is 5.92 Å². The van der Waals surface area contributed by atoms with E-state index in [0.717, 1.165) is 32.4 Å². The standard InChI is InChI=1S/C13H15FN2/c14-12-3-1-11(2-4-12)9-13(10-15)5-7-16-8-6-13/h3,11,16H,1,5-9H2. The minimum absolute atomic E-state index is 0.150. The van der Waals surface area contributed by atoms with Crippen molar-refractivity contribution in [2.45, 2.75) is 25.7 Å². The lowest BCUT2D eigenvalue weighted by atomic mass is 9.73. The normalized spacial score (nSPS) is 27.2. The molecule has 1 heterocycles. The number of allylic oxidation sites excluding steroid dienone is 2. The van der Waals surface area contributed by atoms with Crippen LogP contribution >= 0.6 is 0 Å². The van der Waals surface area contributed by atoms with E-state index in [4.69, 9.17) is 0 Å². The van der Waals surface area contributed by atoms with Crippen molar-refractivity contribution in [2.24, 2.45) is 11.3 Å². The Morgan fingerprint density at radius 2 is 2.31 bits per heavy atom. The van der Waals surface area contributed by atoms with Gasteiger partial charge in [0, 0.05) is 5.92 Å². The molecule has 1 fully saturated rings. The molecule has 84 valence electrons. The molecule has 0 aromatic rings. The zero-order chi connectivity index (χ0) is 11.4. The quantitative estimate of drug-likeness (QED) is 0.721. The van der Waals surface area contributed by atoms with Gasteiger partial charge in [0.2, 0.25) is 0 Å². The van der Waals surface area contributed by atoms with E-state index >= 15 is 0 Å². The fourth-order valence-electron chi connectivity index (χ4n) is 2.40. The zero-order valence-electron chi connectivity index (χ0n) is 9.22. The summed E-state index contributed by atoms with van der Waals surface area (Å²) in [5, 5.41) is 12.6. The molecule has 0 saturated carbocycles. The van der Waals surface area contributed by atoms with Gasteiger partial charge in [-0.25, -0.2) is 0 Å². The molecule has 1 saturated heterocycles. The largest absolute Gasteiger partial charge is 0.317 e. The van der Waals surface area contributed by atoms with E-state index in [2.05, 4.69) is 23.2 Å². The molecule has 0 aromatic heterocycles. The molecule has 2 nitrogen and oxygen atoms in total. The molecule has 3 heteroatoms. The summed E-state index contributed by atoms with van der Waals surface area (Å²) in [6.45, 7) is 1.80. The van der Waals surface area contributed by atoms with Gasteiger partial charge < -0.3 is 5.32 Å². The predicted octanol–water partition coefficient (Wildman–Crippen LogP) is 2.15. The molecule has 0 amide bonds. The Morgan fingerprint density at radius 3 is 2.88 bits per heavy atom. The van der Waals surface area contributed by atoms with E-state index in [1.807, 2.05) is 0 Å². The monoisotopic (exact) mass is 218 g/mol. The van der Waals surface area contributed by atoms with E-state index < -0.39 is 0 Å². The van der Waals surface area contributed by atoms with Crippen molar-refractivity contribution in [2.75, 3.05) is 13.1 Å². The Bertz CT molecular complexity index is 388. The van der Waals surface area contributed by atoms with Crippen molar-refractivity contribution in [3.63, 3.8) is 0 Å². The SMILES string of the molecule is N#CC1(CC2C#CC(F)=CC2)CCNCC1. The number of hydrogen-bond acceptors (Lipinski definition) is 2. The predicted molar refractivity (Wildman–Crippen MR) is 59.8 cm³/mol.